The number of esters is 1. The molecule has 0 radical (unpaired) electrons. The first-order valence-electron chi connectivity index (χ1n) is 16.6. The first-order chi connectivity index (χ1) is 21.2. The van der Waals surface area contributed by atoms with Gasteiger partial charge in [-0.3, -0.25) is 14.4 Å². The number of hydrogen-bond acceptors (Lipinski definition) is 6. The normalized spacial score (nSPS) is 13.7. The van der Waals surface area contributed by atoms with E-state index in [0.717, 1.165) is 31.7 Å². The number of Topliss-reactive ketones (excluding diaryl/α,β-unsaturated/α-hetero) is 2. The maximum Gasteiger partial charge on any atom is 0.417 e. The number of unbranched alkanes of at least 4 members (excludes halogenated alkanes) is 7. The van der Waals surface area contributed by atoms with Crippen LogP contribution in [-0.2, 0) is 25.3 Å². The van der Waals surface area contributed by atoms with Crippen molar-refractivity contribution in [1.82, 2.24) is 5.32 Å². The number of hydrogen-bond donors (Lipinski definition) is 2. The second-order valence-corrected chi connectivity index (χ2v) is 12.7. The number of carbonyl (C=O) groups excluding carboxylic acids is 4. The van der Waals surface area contributed by atoms with E-state index in [-0.39, 0.29) is 35.5 Å². The molecule has 0 saturated carbocycles. The number of nitrogens with two attached hydrogens (primary N) is 1. The lowest BCUT2D eigenvalue weighted by Gasteiger charge is -2.23. The van der Waals surface area contributed by atoms with Crippen molar-refractivity contribution in [3.8, 4) is 0 Å². The number of ether oxygens (including phenoxy) is 1. The molecule has 0 spiro atoms. The van der Waals surface area contributed by atoms with Crippen molar-refractivity contribution < 1.29 is 37.1 Å². The molecule has 1 aromatic carbocycles. The Morgan fingerprint density at radius 3 is 2.11 bits per heavy atom. The summed E-state index contributed by atoms with van der Waals surface area (Å²) in [6.07, 6.45) is 5.78. The Balaban J connectivity index is 2.90. The van der Waals surface area contributed by atoms with E-state index in [2.05, 4.69) is 12.2 Å². The van der Waals surface area contributed by atoms with Gasteiger partial charge in [-0.1, -0.05) is 84.8 Å². The molecule has 10 heteroatoms. The summed E-state index contributed by atoms with van der Waals surface area (Å²) in [5.74, 6) is -3.36. The van der Waals surface area contributed by atoms with Crippen molar-refractivity contribution >= 4 is 23.4 Å². The Bertz CT molecular complexity index is 1070. The molecule has 0 aliphatic heterocycles. The Labute approximate surface area is 267 Å². The standard InChI is InChI=1S/C35H55F3N2O5/c1-6-7-8-9-10-11-12-16-26(5)33(43)40-29(19-13-14-20-39)30(41)22-27(21-24(2)3)31(42)23-45-34(44)32-25(4)17-15-18-28(32)35(36,37)38/h15,17-18,24,26-27,29H,6-14,16,19-23,39H2,1-5H3,(H,40,43)/t26?,27-,29?/m1/s1. The largest absolute Gasteiger partial charge is 0.454 e. The first kappa shape index (κ1) is 40.3. The summed E-state index contributed by atoms with van der Waals surface area (Å²) in [4.78, 5) is 52.4. The summed E-state index contributed by atoms with van der Waals surface area (Å²) in [6, 6.07) is 2.57. The number of rotatable bonds is 23. The maximum atomic E-state index is 13.5. The van der Waals surface area contributed by atoms with Crippen molar-refractivity contribution in [2.45, 2.75) is 130 Å². The smallest absolute Gasteiger partial charge is 0.417 e. The molecule has 0 bridgehead atoms. The molecule has 3 atom stereocenters. The van der Waals surface area contributed by atoms with Gasteiger partial charge in [-0.25, -0.2) is 4.79 Å². The Morgan fingerprint density at radius 2 is 1.51 bits per heavy atom. The molecule has 7 nitrogen and oxygen atoms in total. The average molecular weight is 641 g/mol. The fourth-order valence-corrected chi connectivity index (χ4v) is 5.44. The number of ketones is 2. The van der Waals surface area contributed by atoms with Gasteiger partial charge in [-0.2, -0.15) is 13.2 Å². The molecule has 1 amide bonds. The number of alkyl halides is 3. The van der Waals surface area contributed by atoms with E-state index in [0.29, 0.717) is 32.2 Å². The van der Waals surface area contributed by atoms with Gasteiger partial charge in [0.1, 0.15) is 0 Å². The van der Waals surface area contributed by atoms with Crippen LogP contribution in [0.4, 0.5) is 13.2 Å². The van der Waals surface area contributed by atoms with Gasteiger partial charge in [0.2, 0.25) is 5.91 Å². The van der Waals surface area contributed by atoms with Crippen molar-refractivity contribution in [2.75, 3.05) is 13.2 Å². The van der Waals surface area contributed by atoms with Crippen LogP contribution < -0.4 is 11.1 Å². The molecule has 0 aromatic heterocycles. The van der Waals surface area contributed by atoms with E-state index in [1.54, 1.807) is 0 Å². The zero-order valence-electron chi connectivity index (χ0n) is 27.9. The lowest BCUT2D eigenvalue weighted by molar-refractivity contribution is -0.138. The predicted octanol–water partition coefficient (Wildman–Crippen LogP) is 7.75. The van der Waals surface area contributed by atoms with Gasteiger partial charge in [0.25, 0.3) is 0 Å². The van der Waals surface area contributed by atoms with E-state index in [1.807, 2.05) is 20.8 Å². The minimum Gasteiger partial charge on any atom is -0.454 e. The highest BCUT2D eigenvalue weighted by Gasteiger charge is 2.37. The monoisotopic (exact) mass is 640 g/mol. The number of nitrogens with one attached hydrogen (secondary N) is 1. The van der Waals surface area contributed by atoms with Crippen LogP contribution in [0, 0.1) is 24.7 Å². The fraction of sp³-hybridized carbons (Fsp3) is 0.714. The van der Waals surface area contributed by atoms with Crippen LogP contribution >= 0.6 is 0 Å². The van der Waals surface area contributed by atoms with Gasteiger partial charge < -0.3 is 15.8 Å². The van der Waals surface area contributed by atoms with Crippen LogP contribution in [0.3, 0.4) is 0 Å². The summed E-state index contributed by atoms with van der Waals surface area (Å²) in [7, 11) is 0. The van der Waals surface area contributed by atoms with Gasteiger partial charge in [-0.15, -0.1) is 0 Å². The molecule has 1 rings (SSSR count). The van der Waals surface area contributed by atoms with E-state index >= 15 is 0 Å². The molecule has 0 saturated heterocycles. The predicted molar refractivity (Wildman–Crippen MR) is 171 cm³/mol. The molecule has 256 valence electrons. The third kappa shape index (κ3) is 15.4. The van der Waals surface area contributed by atoms with Gasteiger partial charge in [0.05, 0.1) is 17.2 Å². The van der Waals surface area contributed by atoms with Crippen LogP contribution in [0.5, 0.6) is 0 Å². The van der Waals surface area contributed by atoms with E-state index in [4.69, 9.17) is 10.5 Å². The topological polar surface area (TPSA) is 116 Å². The second-order valence-electron chi connectivity index (χ2n) is 12.7. The Morgan fingerprint density at radius 1 is 0.889 bits per heavy atom. The summed E-state index contributed by atoms with van der Waals surface area (Å²) < 4.78 is 45.6. The van der Waals surface area contributed by atoms with Crippen molar-refractivity contribution in [1.29, 1.82) is 0 Å². The third-order valence-electron chi connectivity index (χ3n) is 8.13. The molecule has 0 fully saturated rings. The lowest BCUT2D eigenvalue weighted by Crippen LogP contribution is -2.44. The molecule has 3 N–H and O–H groups in total. The fourth-order valence-electron chi connectivity index (χ4n) is 5.44. The number of carbonyl (C=O) groups is 4. The highest BCUT2D eigenvalue weighted by atomic mass is 19.4. The van der Waals surface area contributed by atoms with Crippen LogP contribution in [0.15, 0.2) is 18.2 Å². The maximum absolute atomic E-state index is 13.5. The summed E-state index contributed by atoms with van der Waals surface area (Å²) in [6.45, 7) is 8.85. The van der Waals surface area contributed by atoms with Crippen molar-refractivity contribution in [2.24, 2.45) is 23.5 Å². The van der Waals surface area contributed by atoms with Crippen molar-refractivity contribution in [3.63, 3.8) is 0 Å². The van der Waals surface area contributed by atoms with Gasteiger partial charge in [-0.05, 0) is 63.1 Å². The van der Waals surface area contributed by atoms with E-state index < -0.39 is 47.6 Å². The summed E-state index contributed by atoms with van der Waals surface area (Å²) >= 11 is 0. The summed E-state index contributed by atoms with van der Waals surface area (Å²) in [5, 5.41) is 2.91. The SMILES string of the molecule is CCCCCCCCCC(C)C(=O)NC(CCCCN)C(=O)C[C@@H](CC(C)C)C(=O)COC(=O)c1c(C)cccc1C(F)(F)F. The lowest BCUT2D eigenvalue weighted by atomic mass is 9.86. The Hall–Kier alpha value is -2.75. The van der Waals surface area contributed by atoms with E-state index in [1.165, 1.54) is 44.7 Å². The Kier molecular flexibility index (Phi) is 18.9. The zero-order chi connectivity index (χ0) is 34.0. The number of benzene rings is 1. The number of amides is 1. The van der Waals surface area contributed by atoms with Gasteiger partial charge in [0.15, 0.2) is 18.2 Å². The van der Waals surface area contributed by atoms with Crippen LogP contribution in [0.1, 0.15) is 133 Å². The second kappa shape index (κ2) is 21.1. The third-order valence-corrected chi connectivity index (χ3v) is 8.13. The molecule has 0 aliphatic rings. The molecular weight excluding hydrogens is 585 g/mol. The highest BCUT2D eigenvalue weighted by molar-refractivity contribution is 5.96. The van der Waals surface area contributed by atoms with Crippen LogP contribution in [0.25, 0.3) is 0 Å². The summed E-state index contributed by atoms with van der Waals surface area (Å²) in [5.41, 5.74) is 3.95. The average Bonchev–Trinajstić information content (AvgIpc) is 2.97. The highest BCUT2D eigenvalue weighted by Crippen LogP contribution is 2.33. The molecule has 1 aromatic rings. The number of halogens is 3. The minimum absolute atomic E-state index is 0.0166. The first-order valence-corrected chi connectivity index (χ1v) is 16.6. The van der Waals surface area contributed by atoms with E-state index in [9.17, 15) is 32.3 Å². The quantitative estimate of drug-likeness (QED) is 0.0934. The molecule has 45 heavy (non-hydrogen) atoms. The molecule has 0 heterocycles. The number of aryl methyl sites for hydroxylation is 1. The van der Waals surface area contributed by atoms with Crippen LogP contribution in [0.2, 0.25) is 0 Å². The molecular formula is C35H55F3N2O5. The van der Waals surface area contributed by atoms with Gasteiger partial charge >= 0.3 is 12.1 Å². The van der Waals surface area contributed by atoms with Crippen molar-refractivity contribution in [3.05, 3.63) is 34.9 Å². The molecule has 2 unspecified atom stereocenters. The minimum atomic E-state index is -4.77. The van der Waals surface area contributed by atoms with Gasteiger partial charge in [0, 0.05) is 18.3 Å². The molecule has 0 aliphatic carbocycles. The zero-order valence-corrected chi connectivity index (χ0v) is 27.9. The van der Waals surface area contributed by atoms with Crippen LogP contribution in [-0.4, -0.2) is 42.6 Å².